The zero-order valence-corrected chi connectivity index (χ0v) is 37.5. The molecular formula is C52H52F6N6O4. The van der Waals surface area contributed by atoms with Gasteiger partial charge in [-0.15, -0.1) is 0 Å². The zero-order chi connectivity index (χ0) is 48.6. The number of fused-ring (bicyclic) bond motifs is 2. The number of aryl methyl sites for hydroxylation is 2. The molecule has 2 atom stereocenters. The summed E-state index contributed by atoms with van der Waals surface area (Å²) in [5.74, 6) is -1.90. The molecule has 10 nitrogen and oxygen atoms in total. The number of pyridine rings is 2. The molecule has 2 aromatic heterocycles. The van der Waals surface area contributed by atoms with Crippen molar-refractivity contribution in [3.8, 4) is 0 Å². The molecule has 68 heavy (non-hydrogen) atoms. The zero-order valence-electron chi connectivity index (χ0n) is 37.5. The third-order valence-electron chi connectivity index (χ3n) is 12.5. The van der Waals surface area contributed by atoms with Crippen LogP contribution in [0.15, 0.2) is 122 Å². The first-order chi connectivity index (χ1) is 32.4. The average molecular weight is 939 g/mol. The number of rotatable bonds is 14. The summed E-state index contributed by atoms with van der Waals surface area (Å²) in [5.41, 5.74) is 10.8. The number of alkyl halides is 6. The van der Waals surface area contributed by atoms with Crippen molar-refractivity contribution in [2.24, 2.45) is 0 Å². The molecule has 6 aromatic rings. The van der Waals surface area contributed by atoms with Crippen LogP contribution in [-0.4, -0.2) is 71.7 Å². The standard InChI is InChI=1S/2C26H26F3N3O2/c2*1-32(20-5-2-17(3-6-20)15-26(27,28)29)21-7-8-22-18(14-21)10-13-31-24(22)9-4-19-16-30-12-11-23(19)25(33)34/h2*2-3,5-8,11-12,14,16,24,31H,4,9-10,13,15H2,1H3,(H,33,34)/t2*24-/m10/s1. The van der Waals surface area contributed by atoms with Crippen molar-refractivity contribution in [2.75, 3.05) is 37.0 Å². The number of carbonyl (C=O) groups is 2. The van der Waals surface area contributed by atoms with Crippen molar-refractivity contribution >= 4 is 34.7 Å². The maximum Gasteiger partial charge on any atom is 0.393 e. The molecule has 2 aliphatic heterocycles. The lowest BCUT2D eigenvalue weighted by atomic mass is 9.89. The normalized spacial score (nSPS) is 15.6. The Bertz CT molecular complexity index is 2510. The molecule has 0 saturated heterocycles. The average Bonchev–Trinajstić information content (AvgIpc) is 3.31. The molecule has 16 heteroatoms. The highest BCUT2D eigenvalue weighted by Gasteiger charge is 2.29. The largest absolute Gasteiger partial charge is 0.478 e. The molecule has 0 unspecified atom stereocenters. The number of nitrogens with one attached hydrogen (secondary N) is 2. The first-order valence-corrected chi connectivity index (χ1v) is 22.3. The minimum atomic E-state index is -4.22. The smallest absolute Gasteiger partial charge is 0.393 e. The fraction of sp³-hybridized carbons (Fsp3) is 0.308. The maximum atomic E-state index is 12.6. The van der Waals surface area contributed by atoms with Crippen molar-refractivity contribution in [3.05, 3.63) is 177 Å². The third kappa shape index (κ3) is 12.8. The van der Waals surface area contributed by atoms with E-state index in [1.54, 1.807) is 36.7 Å². The molecule has 0 aliphatic carbocycles. The summed E-state index contributed by atoms with van der Waals surface area (Å²) in [6, 6.07) is 28.6. The van der Waals surface area contributed by atoms with E-state index in [1.165, 1.54) is 71.0 Å². The summed E-state index contributed by atoms with van der Waals surface area (Å²) in [5, 5.41) is 25.9. The Morgan fingerprint density at radius 3 is 1.29 bits per heavy atom. The second-order valence-electron chi connectivity index (χ2n) is 17.1. The lowest BCUT2D eigenvalue weighted by molar-refractivity contribution is -0.128. The van der Waals surface area contributed by atoms with E-state index >= 15 is 0 Å². The van der Waals surface area contributed by atoms with Gasteiger partial charge >= 0.3 is 24.3 Å². The molecule has 4 N–H and O–H groups in total. The fourth-order valence-corrected chi connectivity index (χ4v) is 8.92. The van der Waals surface area contributed by atoms with E-state index in [0.29, 0.717) is 24.0 Å². The Kier molecular flexibility index (Phi) is 15.5. The third-order valence-corrected chi connectivity index (χ3v) is 12.5. The van der Waals surface area contributed by atoms with Gasteiger partial charge in [0.2, 0.25) is 0 Å². The number of nitrogens with zero attached hydrogens (tertiary/aromatic N) is 4. The molecular weight excluding hydrogens is 887 g/mol. The summed E-state index contributed by atoms with van der Waals surface area (Å²) in [7, 11) is 3.80. The quantitative estimate of drug-likeness (QED) is 0.0783. The highest BCUT2D eigenvalue weighted by molar-refractivity contribution is 5.89. The second-order valence-corrected chi connectivity index (χ2v) is 17.1. The van der Waals surface area contributed by atoms with Gasteiger partial charge in [-0.05, 0) is 157 Å². The Labute approximate surface area is 390 Å². The van der Waals surface area contributed by atoms with E-state index in [4.69, 9.17) is 0 Å². The maximum absolute atomic E-state index is 12.6. The molecule has 4 aromatic carbocycles. The fourth-order valence-electron chi connectivity index (χ4n) is 8.92. The number of benzene rings is 4. The van der Waals surface area contributed by atoms with E-state index in [-0.39, 0.29) is 34.3 Å². The predicted octanol–water partition coefficient (Wildman–Crippen LogP) is 10.9. The number of carboxylic acids is 2. The minimum Gasteiger partial charge on any atom is -0.478 e. The van der Waals surface area contributed by atoms with Crippen LogP contribution in [0.1, 0.15) is 90.1 Å². The van der Waals surface area contributed by atoms with Crippen LogP contribution >= 0.6 is 0 Å². The van der Waals surface area contributed by atoms with Gasteiger partial charge in [-0.1, -0.05) is 36.4 Å². The van der Waals surface area contributed by atoms with Gasteiger partial charge < -0.3 is 30.6 Å². The number of halogens is 6. The van der Waals surface area contributed by atoms with Gasteiger partial charge in [0.05, 0.1) is 24.0 Å². The van der Waals surface area contributed by atoms with Crippen LogP contribution in [0.4, 0.5) is 49.1 Å². The SMILES string of the molecule is CN(c1ccc(CC(F)(F)F)cc1)c1ccc2c(c1)CCN[C@@H]2CCc1cnccc1C(=O)O.CN(c1ccc(CC(F)(F)F)cc1)c1ccc2c(c1)CCN[C@H]2CCc1cnccc1C(=O)O. The van der Waals surface area contributed by atoms with Crippen LogP contribution < -0.4 is 20.4 Å². The van der Waals surface area contributed by atoms with Crippen LogP contribution in [0.3, 0.4) is 0 Å². The van der Waals surface area contributed by atoms with Crippen LogP contribution in [0.25, 0.3) is 0 Å². The molecule has 0 saturated carbocycles. The Balaban J connectivity index is 0.000000201. The van der Waals surface area contributed by atoms with Crippen LogP contribution in [0.2, 0.25) is 0 Å². The van der Waals surface area contributed by atoms with Crippen LogP contribution in [0.5, 0.6) is 0 Å². The molecule has 0 fully saturated rings. The number of hydrogen-bond donors (Lipinski definition) is 4. The molecule has 4 heterocycles. The van der Waals surface area contributed by atoms with Gasteiger partial charge in [0.25, 0.3) is 0 Å². The second kappa shape index (κ2) is 21.5. The van der Waals surface area contributed by atoms with Crippen LogP contribution in [-0.2, 0) is 38.5 Å². The number of hydrogen-bond acceptors (Lipinski definition) is 8. The van der Waals surface area contributed by atoms with Gasteiger partial charge in [0.15, 0.2) is 0 Å². The first-order valence-electron chi connectivity index (χ1n) is 22.3. The molecule has 0 radical (unpaired) electrons. The van der Waals surface area contributed by atoms with Crippen molar-refractivity contribution in [2.45, 2.75) is 75.8 Å². The number of aromatic carboxylic acids is 2. The molecule has 2 aliphatic rings. The highest BCUT2D eigenvalue weighted by Crippen LogP contribution is 2.35. The van der Waals surface area contributed by atoms with Gasteiger partial charge in [0, 0.05) is 73.7 Å². The summed E-state index contributed by atoms with van der Waals surface area (Å²) in [6.07, 6.45) is 0.319. The van der Waals surface area contributed by atoms with E-state index in [9.17, 15) is 46.1 Å². The Morgan fingerprint density at radius 1 is 0.574 bits per heavy atom. The Hall–Kier alpha value is -6.78. The summed E-state index contributed by atoms with van der Waals surface area (Å²) < 4.78 is 75.7. The summed E-state index contributed by atoms with van der Waals surface area (Å²) in [6.45, 7) is 1.63. The van der Waals surface area contributed by atoms with E-state index in [1.807, 2.05) is 36.0 Å². The van der Waals surface area contributed by atoms with E-state index < -0.39 is 37.1 Å². The van der Waals surface area contributed by atoms with E-state index in [2.05, 4.69) is 44.9 Å². The monoisotopic (exact) mass is 938 g/mol. The topological polar surface area (TPSA) is 131 Å². The van der Waals surface area contributed by atoms with Gasteiger partial charge in [-0.2, -0.15) is 26.3 Å². The minimum absolute atomic E-state index is 0.103. The van der Waals surface area contributed by atoms with Crippen LogP contribution in [0, 0.1) is 0 Å². The van der Waals surface area contributed by atoms with Crippen molar-refractivity contribution in [1.29, 1.82) is 0 Å². The number of aromatic nitrogens is 2. The van der Waals surface area contributed by atoms with Gasteiger partial charge in [0.1, 0.15) is 0 Å². The molecule has 0 bridgehead atoms. The first kappa shape index (κ1) is 49.1. The molecule has 356 valence electrons. The number of anilines is 4. The molecule has 0 spiro atoms. The molecule has 8 rings (SSSR count). The van der Waals surface area contributed by atoms with E-state index in [0.717, 1.165) is 61.5 Å². The van der Waals surface area contributed by atoms with Crippen molar-refractivity contribution < 1.29 is 46.1 Å². The highest BCUT2D eigenvalue weighted by atomic mass is 19.4. The number of carboxylic acid groups (broad SMARTS) is 2. The lowest BCUT2D eigenvalue weighted by Gasteiger charge is -2.29. The van der Waals surface area contributed by atoms with Crippen molar-refractivity contribution in [3.63, 3.8) is 0 Å². The molecule has 0 amide bonds. The summed E-state index contributed by atoms with van der Waals surface area (Å²) in [4.78, 5) is 35.0. The summed E-state index contributed by atoms with van der Waals surface area (Å²) >= 11 is 0. The Morgan fingerprint density at radius 2 is 0.941 bits per heavy atom. The van der Waals surface area contributed by atoms with Gasteiger partial charge in [-0.25, -0.2) is 9.59 Å². The lowest BCUT2D eigenvalue weighted by Crippen LogP contribution is -2.30. The van der Waals surface area contributed by atoms with Gasteiger partial charge in [-0.3, -0.25) is 9.97 Å². The predicted molar refractivity (Wildman–Crippen MR) is 249 cm³/mol. The van der Waals surface area contributed by atoms with Crippen molar-refractivity contribution in [1.82, 2.24) is 20.6 Å².